The molecule has 0 saturated carbocycles. The number of thiophene rings is 1. The number of benzene rings is 2. The highest BCUT2D eigenvalue weighted by Gasteiger charge is 2.19. The Kier molecular flexibility index (Phi) is 6.17. The molecule has 0 atom stereocenters. The molecule has 1 saturated heterocycles. The van der Waals surface area contributed by atoms with Crippen molar-refractivity contribution in [3.05, 3.63) is 87.6 Å². The summed E-state index contributed by atoms with van der Waals surface area (Å²) in [6, 6.07) is 18.6. The van der Waals surface area contributed by atoms with E-state index in [-0.39, 0.29) is 11.7 Å². The van der Waals surface area contributed by atoms with E-state index < -0.39 is 0 Å². The lowest BCUT2D eigenvalue weighted by Crippen LogP contribution is -2.29. The van der Waals surface area contributed by atoms with Gasteiger partial charge in [-0.05, 0) is 61.1 Å². The minimum absolute atomic E-state index is 0.121. The molecule has 2 heterocycles. The van der Waals surface area contributed by atoms with Crippen molar-refractivity contribution in [1.82, 2.24) is 4.90 Å². The molecule has 0 spiro atoms. The predicted octanol–water partition coefficient (Wildman–Crippen LogP) is 5.22. The molecule has 3 aromatic rings. The summed E-state index contributed by atoms with van der Waals surface area (Å²) in [6.45, 7) is 3.17. The lowest BCUT2D eigenvalue weighted by atomic mass is 10.0. The molecule has 0 bridgehead atoms. The van der Waals surface area contributed by atoms with E-state index in [1.54, 1.807) is 30.3 Å². The third-order valence-corrected chi connectivity index (χ3v) is 6.07. The first-order chi connectivity index (χ1) is 14.2. The van der Waals surface area contributed by atoms with Gasteiger partial charge in [-0.25, -0.2) is 0 Å². The van der Waals surface area contributed by atoms with Gasteiger partial charge in [0.2, 0.25) is 5.78 Å². The lowest BCUT2D eigenvalue weighted by molar-refractivity contribution is 0.0998. The van der Waals surface area contributed by atoms with Crippen molar-refractivity contribution >= 4 is 28.7 Å². The molecule has 0 aliphatic carbocycles. The molecule has 29 heavy (non-hydrogen) atoms. The molecule has 1 aromatic heterocycles. The maximum absolute atomic E-state index is 12.9. The number of piperidine rings is 1. The zero-order chi connectivity index (χ0) is 20.1. The summed E-state index contributed by atoms with van der Waals surface area (Å²) >= 11 is 1.38. The molecule has 148 valence electrons. The molecule has 1 aliphatic heterocycles. The van der Waals surface area contributed by atoms with Crippen LogP contribution in [0.5, 0.6) is 0 Å². The molecule has 1 amide bonds. The highest BCUT2D eigenvalue weighted by atomic mass is 32.1. The van der Waals surface area contributed by atoms with Gasteiger partial charge >= 0.3 is 0 Å². The Morgan fingerprint density at radius 2 is 1.69 bits per heavy atom. The summed E-state index contributed by atoms with van der Waals surface area (Å²) in [4.78, 5) is 28.8. The van der Waals surface area contributed by atoms with Crippen LogP contribution in [-0.4, -0.2) is 29.7 Å². The van der Waals surface area contributed by atoms with E-state index in [1.807, 2.05) is 29.6 Å². The first-order valence-corrected chi connectivity index (χ1v) is 10.9. The first kappa shape index (κ1) is 19.6. The number of hydrogen-bond donors (Lipinski definition) is 1. The summed E-state index contributed by atoms with van der Waals surface area (Å²) in [5.74, 6) is -0.384. The molecule has 1 fully saturated rings. The number of hydrogen-bond acceptors (Lipinski definition) is 4. The van der Waals surface area contributed by atoms with Gasteiger partial charge in [0.1, 0.15) is 0 Å². The van der Waals surface area contributed by atoms with E-state index in [1.165, 1.54) is 36.2 Å². The van der Waals surface area contributed by atoms with Gasteiger partial charge in [0.05, 0.1) is 10.4 Å². The van der Waals surface area contributed by atoms with Crippen LogP contribution in [0.15, 0.2) is 66.0 Å². The number of likely N-dealkylation sites (tertiary alicyclic amines) is 1. The highest BCUT2D eigenvalue weighted by molar-refractivity contribution is 7.12. The first-order valence-electron chi connectivity index (χ1n) is 10.0. The summed E-state index contributed by atoms with van der Waals surface area (Å²) < 4.78 is 0. The number of carbonyl (C=O) groups is 2. The predicted molar refractivity (Wildman–Crippen MR) is 118 cm³/mol. The van der Waals surface area contributed by atoms with Gasteiger partial charge in [0.25, 0.3) is 5.91 Å². The van der Waals surface area contributed by atoms with E-state index in [0.29, 0.717) is 16.0 Å². The zero-order valence-corrected chi connectivity index (χ0v) is 17.1. The Balaban J connectivity index is 1.50. The smallest absolute Gasteiger partial charge is 0.256 e. The second-order valence-electron chi connectivity index (χ2n) is 7.34. The number of carbonyl (C=O) groups excluding carboxylic acids is 2. The number of nitrogens with one attached hydrogen (secondary N) is 1. The van der Waals surface area contributed by atoms with Crippen LogP contribution in [0.1, 0.15) is 50.4 Å². The summed E-state index contributed by atoms with van der Waals surface area (Å²) in [5, 5.41) is 4.83. The van der Waals surface area contributed by atoms with E-state index in [4.69, 9.17) is 0 Å². The Labute approximate surface area is 175 Å². The van der Waals surface area contributed by atoms with Gasteiger partial charge in [-0.2, -0.15) is 0 Å². The number of rotatable bonds is 6. The van der Waals surface area contributed by atoms with Gasteiger partial charge < -0.3 is 5.32 Å². The average Bonchev–Trinajstić information content (AvgIpc) is 3.29. The number of nitrogens with zero attached hydrogens (tertiary/aromatic N) is 1. The van der Waals surface area contributed by atoms with Gasteiger partial charge in [0.15, 0.2) is 0 Å². The van der Waals surface area contributed by atoms with Crippen LogP contribution in [0.25, 0.3) is 0 Å². The SMILES string of the molecule is O=C(Nc1cccc(CN2CCCCC2)c1)c1ccccc1C(=O)c1cccs1. The van der Waals surface area contributed by atoms with Crippen molar-refractivity contribution in [2.75, 3.05) is 18.4 Å². The van der Waals surface area contributed by atoms with Crippen molar-refractivity contribution < 1.29 is 9.59 Å². The quantitative estimate of drug-likeness (QED) is 0.573. The van der Waals surface area contributed by atoms with Crippen LogP contribution in [0.2, 0.25) is 0 Å². The lowest BCUT2D eigenvalue weighted by Gasteiger charge is -2.26. The van der Waals surface area contributed by atoms with E-state index >= 15 is 0 Å². The second-order valence-corrected chi connectivity index (χ2v) is 8.29. The van der Waals surface area contributed by atoms with Gasteiger partial charge in [0, 0.05) is 17.8 Å². The summed E-state index contributed by atoms with van der Waals surface area (Å²) in [7, 11) is 0. The van der Waals surface area contributed by atoms with Crippen molar-refractivity contribution in [1.29, 1.82) is 0 Å². The van der Waals surface area contributed by atoms with Gasteiger partial charge in [-0.3, -0.25) is 14.5 Å². The molecule has 0 radical (unpaired) electrons. The molecular formula is C24H24N2O2S. The number of ketones is 1. The Bertz CT molecular complexity index is 992. The van der Waals surface area contributed by atoms with Crippen LogP contribution in [-0.2, 0) is 6.54 Å². The minimum Gasteiger partial charge on any atom is -0.322 e. The monoisotopic (exact) mass is 404 g/mol. The van der Waals surface area contributed by atoms with Crippen molar-refractivity contribution in [3.63, 3.8) is 0 Å². The van der Waals surface area contributed by atoms with Crippen LogP contribution in [0, 0.1) is 0 Å². The Hall–Kier alpha value is -2.76. The molecule has 4 rings (SSSR count). The molecule has 2 aromatic carbocycles. The summed E-state index contributed by atoms with van der Waals surface area (Å²) in [5.41, 5.74) is 2.76. The molecule has 1 N–H and O–H groups in total. The number of anilines is 1. The summed E-state index contributed by atoms with van der Waals surface area (Å²) in [6.07, 6.45) is 3.83. The van der Waals surface area contributed by atoms with Crippen molar-refractivity contribution in [2.24, 2.45) is 0 Å². The van der Waals surface area contributed by atoms with Gasteiger partial charge in [-0.1, -0.05) is 42.8 Å². The molecule has 1 aliphatic rings. The fourth-order valence-electron chi connectivity index (χ4n) is 3.74. The minimum atomic E-state index is -0.263. The van der Waals surface area contributed by atoms with Crippen LogP contribution < -0.4 is 5.32 Å². The standard InChI is InChI=1S/C24H24N2O2S/c27-23(22-12-7-15-29-22)20-10-2-3-11-21(20)24(28)25-19-9-6-8-18(16-19)17-26-13-4-1-5-14-26/h2-3,6-12,15-16H,1,4-5,13-14,17H2,(H,25,28). The highest BCUT2D eigenvalue weighted by Crippen LogP contribution is 2.21. The van der Waals surface area contributed by atoms with E-state index in [2.05, 4.69) is 16.3 Å². The van der Waals surface area contributed by atoms with Gasteiger partial charge in [-0.15, -0.1) is 11.3 Å². The Morgan fingerprint density at radius 3 is 2.45 bits per heavy atom. The Morgan fingerprint density at radius 1 is 0.897 bits per heavy atom. The second kappa shape index (κ2) is 9.16. The van der Waals surface area contributed by atoms with Crippen molar-refractivity contribution in [3.8, 4) is 0 Å². The van der Waals surface area contributed by atoms with E-state index in [0.717, 1.165) is 25.3 Å². The number of amides is 1. The van der Waals surface area contributed by atoms with E-state index in [9.17, 15) is 9.59 Å². The molecule has 5 heteroatoms. The fourth-order valence-corrected chi connectivity index (χ4v) is 4.42. The fraction of sp³-hybridized carbons (Fsp3) is 0.250. The maximum Gasteiger partial charge on any atom is 0.256 e. The third kappa shape index (κ3) is 4.81. The van der Waals surface area contributed by atoms with Crippen LogP contribution >= 0.6 is 11.3 Å². The largest absolute Gasteiger partial charge is 0.322 e. The zero-order valence-electron chi connectivity index (χ0n) is 16.3. The average molecular weight is 405 g/mol. The topological polar surface area (TPSA) is 49.4 Å². The molecular weight excluding hydrogens is 380 g/mol. The molecule has 4 nitrogen and oxygen atoms in total. The molecule has 0 unspecified atom stereocenters. The van der Waals surface area contributed by atoms with Crippen LogP contribution in [0.3, 0.4) is 0 Å². The normalized spacial score (nSPS) is 14.5. The van der Waals surface area contributed by atoms with Crippen molar-refractivity contribution in [2.45, 2.75) is 25.8 Å². The van der Waals surface area contributed by atoms with Crippen LogP contribution in [0.4, 0.5) is 5.69 Å². The maximum atomic E-state index is 12.9. The third-order valence-electron chi connectivity index (χ3n) is 5.20.